The number of imidazole rings is 1. The summed E-state index contributed by atoms with van der Waals surface area (Å²) >= 11 is 0. The molecule has 4 rings (SSSR count). The van der Waals surface area contributed by atoms with E-state index in [9.17, 15) is 18.3 Å². The normalized spacial score (nSPS) is 11.7. The highest BCUT2D eigenvalue weighted by Gasteiger charge is 2.30. The van der Waals surface area contributed by atoms with Crippen molar-refractivity contribution in [2.75, 3.05) is 12.4 Å². The van der Waals surface area contributed by atoms with Crippen molar-refractivity contribution < 1.29 is 18.3 Å². The molecule has 31 heavy (non-hydrogen) atoms. The van der Waals surface area contributed by atoms with Crippen molar-refractivity contribution in [3.8, 4) is 22.8 Å². The van der Waals surface area contributed by atoms with Gasteiger partial charge in [-0.3, -0.25) is 0 Å². The highest BCUT2D eigenvalue weighted by atomic mass is 19.4. The molecule has 0 aliphatic heterocycles. The van der Waals surface area contributed by atoms with Gasteiger partial charge in [0.2, 0.25) is 5.95 Å². The lowest BCUT2D eigenvalue weighted by molar-refractivity contribution is -0.137. The van der Waals surface area contributed by atoms with Gasteiger partial charge in [-0.15, -0.1) is 5.10 Å². The van der Waals surface area contributed by atoms with E-state index in [1.54, 1.807) is 30.1 Å². The minimum Gasteiger partial charge on any atom is -0.392 e. The highest BCUT2D eigenvalue weighted by Crippen LogP contribution is 2.31. The van der Waals surface area contributed by atoms with Crippen LogP contribution in [0, 0.1) is 6.92 Å². The third kappa shape index (κ3) is 4.02. The number of nitrogens with one attached hydrogen (secondary N) is 1. The topological polar surface area (TPSA) is 80.8 Å². The Balaban J connectivity index is 1.76. The molecule has 10 heteroatoms. The number of anilines is 1. The second-order valence-corrected chi connectivity index (χ2v) is 6.89. The van der Waals surface area contributed by atoms with Gasteiger partial charge in [-0.05, 0) is 43.3 Å². The van der Waals surface area contributed by atoms with Crippen LogP contribution in [-0.4, -0.2) is 36.5 Å². The highest BCUT2D eigenvalue weighted by molar-refractivity contribution is 5.62. The van der Waals surface area contributed by atoms with E-state index in [1.165, 1.54) is 16.8 Å². The Morgan fingerprint density at radius 2 is 1.94 bits per heavy atom. The number of hydrogen-bond donors (Lipinski definition) is 2. The van der Waals surface area contributed by atoms with Gasteiger partial charge in [0, 0.05) is 24.4 Å². The van der Waals surface area contributed by atoms with Crippen LogP contribution >= 0.6 is 0 Å². The summed E-state index contributed by atoms with van der Waals surface area (Å²) in [5.41, 5.74) is 2.31. The summed E-state index contributed by atoms with van der Waals surface area (Å²) in [6.07, 6.45) is -0.964. The van der Waals surface area contributed by atoms with Crippen LogP contribution in [0.25, 0.3) is 22.8 Å². The fourth-order valence-corrected chi connectivity index (χ4v) is 3.25. The average Bonchev–Trinajstić information content (AvgIpc) is 3.39. The van der Waals surface area contributed by atoms with E-state index in [2.05, 4.69) is 20.4 Å². The Hall–Kier alpha value is -3.66. The van der Waals surface area contributed by atoms with E-state index < -0.39 is 11.7 Å². The fraction of sp³-hybridized carbons (Fsp3) is 0.190. The minimum atomic E-state index is -4.46. The summed E-state index contributed by atoms with van der Waals surface area (Å²) in [6, 6.07) is 10.2. The van der Waals surface area contributed by atoms with E-state index in [0.717, 1.165) is 23.5 Å². The number of hydrogen-bond acceptors (Lipinski definition) is 5. The third-order valence-corrected chi connectivity index (χ3v) is 4.75. The van der Waals surface area contributed by atoms with Crippen LogP contribution in [0.15, 0.2) is 55.0 Å². The fourth-order valence-electron chi connectivity index (χ4n) is 3.25. The minimum absolute atomic E-state index is 0.215. The lowest BCUT2D eigenvalue weighted by Gasteiger charge is -2.10. The van der Waals surface area contributed by atoms with Crippen LogP contribution in [-0.2, 0) is 12.8 Å². The standard InChI is InChI=1S/C21H19F3N6O/c1-13-10-29(12-26-13)18-7-6-14(8-15(18)11-31)19-27-20(25-2)30(28-19)17-5-3-4-16(9-17)21(22,23)24/h3-10,12,31H,11H2,1-2H3,(H,25,27,28). The molecule has 0 saturated heterocycles. The van der Waals surface area contributed by atoms with Crippen molar-refractivity contribution in [2.45, 2.75) is 19.7 Å². The molecule has 0 aliphatic carbocycles. The summed E-state index contributed by atoms with van der Waals surface area (Å²) in [6.45, 7) is 1.65. The molecule has 0 spiro atoms. The number of nitrogens with zero attached hydrogens (tertiary/aromatic N) is 5. The largest absolute Gasteiger partial charge is 0.416 e. The van der Waals surface area contributed by atoms with Crippen LogP contribution in [0.1, 0.15) is 16.8 Å². The molecule has 7 nitrogen and oxygen atoms in total. The zero-order valence-corrected chi connectivity index (χ0v) is 16.7. The number of aromatic nitrogens is 5. The van der Waals surface area contributed by atoms with Gasteiger partial charge in [0.1, 0.15) is 0 Å². The van der Waals surface area contributed by atoms with E-state index in [1.807, 2.05) is 19.2 Å². The number of aliphatic hydroxyl groups excluding tert-OH is 1. The molecule has 160 valence electrons. The Morgan fingerprint density at radius 1 is 1.13 bits per heavy atom. The molecule has 2 aromatic heterocycles. The number of aliphatic hydroxyl groups is 1. The Kier molecular flexibility index (Phi) is 5.24. The zero-order valence-electron chi connectivity index (χ0n) is 16.7. The van der Waals surface area contributed by atoms with Crippen LogP contribution in [0.4, 0.5) is 19.1 Å². The number of halogens is 3. The van der Waals surface area contributed by atoms with E-state index in [0.29, 0.717) is 17.0 Å². The molecule has 0 aliphatic rings. The summed E-state index contributed by atoms with van der Waals surface area (Å²) in [5.74, 6) is 0.596. The summed E-state index contributed by atoms with van der Waals surface area (Å²) in [5, 5.41) is 17.1. The van der Waals surface area contributed by atoms with Crippen molar-refractivity contribution in [3.05, 3.63) is 71.8 Å². The molecule has 0 unspecified atom stereocenters. The van der Waals surface area contributed by atoms with Crippen molar-refractivity contribution in [1.29, 1.82) is 0 Å². The zero-order chi connectivity index (χ0) is 22.2. The van der Waals surface area contributed by atoms with Gasteiger partial charge in [-0.2, -0.15) is 22.8 Å². The van der Waals surface area contributed by atoms with Crippen molar-refractivity contribution in [1.82, 2.24) is 24.3 Å². The van der Waals surface area contributed by atoms with Crippen molar-refractivity contribution in [2.24, 2.45) is 0 Å². The first-order valence-electron chi connectivity index (χ1n) is 9.37. The predicted octanol–water partition coefficient (Wildman–Crippen LogP) is 3.98. The van der Waals surface area contributed by atoms with Gasteiger partial charge in [-0.1, -0.05) is 6.07 Å². The first-order valence-corrected chi connectivity index (χ1v) is 9.37. The number of aryl methyl sites for hydroxylation is 1. The molecule has 2 N–H and O–H groups in total. The Labute approximate surface area is 175 Å². The van der Waals surface area contributed by atoms with Gasteiger partial charge in [0.05, 0.1) is 35.6 Å². The summed E-state index contributed by atoms with van der Waals surface area (Å²) in [4.78, 5) is 8.61. The maximum atomic E-state index is 13.1. The molecule has 4 aromatic rings. The second kappa shape index (κ2) is 7.88. The van der Waals surface area contributed by atoms with E-state index in [-0.39, 0.29) is 18.2 Å². The van der Waals surface area contributed by atoms with Gasteiger partial charge in [0.25, 0.3) is 0 Å². The van der Waals surface area contributed by atoms with E-state index in [4.69, 9.17) is 0 Å². The Bertz CT molecular complexity index is 1230. The molecule has 0 amide bonds. The smallest absolute Gasteiger partial charge is 0.392 e. The Morgan fingerprint density at radius 3 is 2.58 bits per heavy atom. The monoisotopic (exact) mass is 428 g/mol. The SMILES string of the molecule is CNc1nc(-c2ccc(-n3cnc(C)c3)c(CO)c2)nn1-c1cccc(C(F)(F)F)c1. The van der Waals surface area contributed by atoms with Gasteiger partial charge >= 0.3 is 6.18 Å². The maximum absolute atomic E-state index is 13.1. The lowest BCUT2D eigenvalue weighted by Crippen LogP contribution is -2.08. The first-order chi connectivity index (χ1) is 14.8. The molecule has 0 atom stereocenters. The van der Waals surface area contributed by atoms with Crippen LogP contribution in [0.2, 0.25) is 0 Å². The van der Waals surface area contributed by atoms with E-state index >= 15 is 0 Å². The van der Waals surface area contributed by atoms with Crippen molar-refractivity contribution in [3.63, 3.8) is 0 Å². The van der Waals surface area contributed by atoms with Gasteiger partial charge in [0.15, 0.2) is 5.82 Å². The van der Waals surface area contributed by atoms with Crippen molar-refractivity contribution >= 4 is 5.95 Å². The third-order valence-electron chi connectivity index (χ3n) is 4.75. The lowest BCUT2D eigenvalue weighted by atomic mass is 10.1. The predicted molar refractivity (Wildman–Crippen MR) is 109 cm³/mol. The molecular formula is C21H19F3N6O. The average molecular weight is 428 g/mol. The number of benzene rings is 2. The van der Waals surface area contributed by atoms with Crippen LogP contribution in [0.3, 0.4) is 0 Å². The van der Waals surface area contributed by atoms with Gasteiger partial charge < -0.3 is 15.0 Å². The quantitative estimate of drug-likeness (QED) is 0.503. The number of rotatable bonds is 5. The molecule has 0 saturated carbocycles. The first kappa shape index (κ1) is 20.6. The summed E-state index contributed by atoms with van der Waals surface area (Å²) in [7, 11) is 1.61. The molecule has 0 bridgehead atoms. The van der Waals surface area contributed by atoms with Gasteiger partial charge in [-0.25, -0.2) is 4.98 Å². The molecule has 2 aromatic carbocycles. The maximum Gasteiger partial charge on any atom is 0.416 e. The molecule has 0 radical (unpaired) electrons. The second-order valence-electron chi connectivity index (χ2n) is 6.89. The number of alkyl halides is 3. The molecule has 2 heterocycles. The van der Waals surface area contributed by atoms with Crippen LogP contribution < -0.4 is 5.32 Å². The van der Waals surface area contributed by atoms with Crippen LogP contribution in [0.5, 0.6) is 0 Å². The summed E-state index contributed by atoms with van der Waals surface area (Å²) < 4.78 is 42.4. The molecule has 0 fully saturated rings. The molecular weight excluding hydrogens is 409 g/mol.